The van der Waals surface area contributed by atoms with Gasteiger partial charge < -0.3 is 15.3 Å². The molecule has 3 aromatic rings. The Morgan fingerprint density at radius 3 is 2.50 bits per heavy atom. The lowest BCUT2D eigenvalue weighted by Crippen LogP contribution is -2.47. The van der Waals surface area contributed by atoms with Crippen LogP contribution in [0.3, 0.4) is 0 Å². The zero-order valence-corrected chi connectivity index (χ0v) is 20.2. The van der Waals surface area contributed by atoms with E-state index in [9.17, 15) is 23.5 Å². The number of hydrogen-bond donors (Lipinski definition) is 3. The molecule has 0 spiro atoms. The molecule has 0 radical (unpaired) electrons. The van der Waals surface area contributed by atoms with E-state index in [1.54, 1.807) is 6.07 Å². The third-order valence-electron chi connectivity index (χ3n) is 6.83. The van der Waals surface area contributed by atoms with Gasteiger partial charge in [-0.25, -0.2) is 8.78 Å². The molecule has 2 aromatic carbocycles. The lowest BCUT2D eigenvalue weighted by molar-refractivity contribution is -0.125. The number of aromatic amines is 1. The van der Waals surface area contributed by atoms with Gasteiger partial charge in [0.1, 0.15) is 30.1 Å². The number of halogens is 2. The van der Waals surface area contributed by atoms with Crippen molar-refractivity contribution in [3.63, 3.8) is 0 Å². The summed E-state index contributed by atoms with van der Waals surface area (Å²) >= 11 is 0. The Morgan fingerprint density at radius 2 is 1.86 bits per heavy atom. The number of anilines is 2. The average molecular weight is 498 g/mol. The van der Waals surface area contributed by atoms with E-state index in [1.807, 2.05) is 18.2 Å². The van der Waals surface area contributed by atoms with Crippen LogP contribution >= 0.6 is 0 Å². The Hall–Kier alpha value is -3.63. The molecule has 10 heteroatoms. The summed E-state index contributed by atoms with van der Waals surface area (Å²) in [6, 6.07) is 13.3. The maximum atomic E-state index is 14.4. The molecule has 2 amide bonds. The van der Waals surface area contributed by atoms with Crippen molar-refractivity contribution < 1.29 is 23.5 Å². The summed E-state index contributed by atoms with van der Waals surface area (Å²) in [6.45, 7) is 2.23. The van der Waals surface area contributed by atoms with Crippen LogP contribution in [-0.4, -0.2) is 64.8 Å². The number of aliphatic hydroxyl groups is 1. The van der Waals surface area contributed by atoms with Crippen molar-refractivity contribution in [2.45, 2.75) is 31.2 Å². The SMILES string of the molecule is C[C@@H](C(=O)Nc1cc(C2(c3ccccc3)CCN(C)CC2)n[nH]1)N(C(=O)CO)c1ccc(F)cc1F. The second-order valence-electron chi connectivity index (χ2n) is 9.10. The fourth-order valence-electron chi connectivity index (χ4n) is 4.75. The van der Waals surface area contributed by atoms with Gasteiger partial charge in [0.25, 0.3) is 5.91 Å². The van der Waals surface area contributed by atoms with Gasteiger partial charge in [-0.05, 0) is 57.6 Å². The smallest absolute Gasteiger partial charge is 0.253 e. The van der Waals surface area contributed by atoms with Gasteiger partial charge >= 0.3 is 0 Å². The highest BCUT2D eigenvalue weighted by molar-refractivity contribution is 6.04. The number of piperidine rings is 1. The number of amides is 2. The van der Waals surface area contributed by atoms with Crippen LogP contribution in [-0.2, 0) is 15.0 Å². The van der Waals surface area contributed by atoms with E-state index in [1.165, 1.54) is 6.92 Å². The number of aromatic nitrogens is 2. The molecule has 1 fully saturated rings. The van der Waals surface area contributed by atoms with E-state index in [-0.39, 0.29) is 11.1 Å². The highest BCUT2D eigenvalue weighted by Crippen LogP contribution is 2.41. The molecule has 2 heterocycles. The molecule has 190 valence electrons. The fourth-order valence-corrected chi connectivity index (χ4v) is 4.75. The van der Waals surface area contributed by atoms with E-state index in [0.29, 0.717) is 11.9 Å². The van der Waals surface area contributed by atoms with Crippen LogP contribution in [0, 0.1) is 11.6 Å². The lowest BCUT2D eigenvalue weighted by Gasteiger charge is -2.40. The Labute approximate surface area is 207 Å². The molecular formula is C26H29F2N5O3. The number of likely N-dealkylation sites (tertiary alicyclic amines) is 1. The normalized spacial score (nSPS) is 16.4. The fraction of sp³-hybridized carbons (Fsp3) is 0.346. The van der Waals surface area contributed by atoms with Gasteiger partial charge in [-0.3, -0.25) is 19.6 Å². The number of carbonyl (C=O) groups is 2. The highest BCUT2D eigenvalue weighted by Gasteiger charge is 2.39. The van der Waals surface area contributed by atoms with Crippen LogP contribution in [0.5, 0.6) is 0 Å². The molecule has 36 heavy (non-hydrogen) atoms. The first-order chi connectivity index (χ1) is 17.2. The van der Waals surface area contributed by atoms with Crippen molar-refractivity contribution in [2.75, 3.05) is 37.0 Å². The van der Waals surface area contributed by atoms with Gasteiger partial charge in [0, 0.05) is 17.5 Å². The summed E-state index contributed by atoms with van der Waals surface area (Å²) in [4.78, 5) is 28.5. The minimum atomic E-state index is -1.21. The molecule has 1 aliphatic rings. The van der Waals surface area contributed by atoms with Crippen molar-refractivity contribution in [3.8, 4) is 0 Å². The molecule has 1 aliphatic heterocycles. The molecule has 1 aromatic heterocycles. The van der Waals surface area contributed by atoms with Crippen LogP contribution in [0.2, 0.25) is 0 Å². The van der Waals surface area contributed by atoms with Crippen LogP contribution in [0.25, 0.3) is 0 Å². The number of carbonyl (C=O) groups excluding carboxylic acids is 2. The number of H-pyrrole nitrogens is 1. The number of aliphatic hydroxyl groups excluding tert-OH is 1. The summed E-state index contributed by atoms with van der Waals surface area (Å²) in [6.07, 6.45) is 1.70. The summed E-state index contributed by atoms with van der Waals surface area (Å²) in [5.41, 5.74) is 1.30. The van der Waals surface area contributed by atoms with Gasteiger partial charge in [-0.2, -0.15) is 5.10 Å². The summed E-state index contributed by atoms with van der Waals surface area (Å²) in [7, 11) is 2.08. The Kier molecular flexibility index (Phi) is 7.46. The van der Waals surface area contributed by atoms with Crippen molar-refractivity contribution in [3.05, 3.63) is 77.5 Å². The third kappa shape index (κ3) is 5.00. The summed E-state index contributed by atoms with van der Waals surface area (Å²) in [5.74, 6) is -3.05. The quantitative estimate of drug-likeness (QED) is 0.466. The van der Waals surface area contributed by atoms with E-state index in [0.717, 1.165) is 54.2 Å². The minimum Gasteiger partial charge on any atom is -0.387 e. The van der Waals surface area contributed by atoms with Crippen LogP contribution < -0.4 is 10.2 Å². The van der Waals surface area contributed by atoms with E-state index in [4.69, 9.17) is 0 Å². The molecule has 4 rings (SSSR count). The topological polar surface area (TPSA) is 102 Å². The van der Waals surface area contributed by atoms with Crippen molar-refractivity contribution in [1.82, 2.24) is 15.1 Å². The Balaban J connectivity index is 1.58. The first-order valence-electron chi connectivity index (χ1n) is 11.7. The molecule has 8 nitrogen and oxygen atoms in total. The van der Waals surface area contributed by atoms with Crippen LogP contribution in [0.15, 0.2) is 54.6 Å². The van der Waals surface area contributed by atoms with Gasteiger partial charge in [-0.15, -0.1) is 0 Å². The predicted octanol–water partition coefficient (Wildman–Crippen LogP) is 3.05. The van der Waals surface area contributed by atoms with Crippen molar-refractivity contribution >= 4 is 23.3 Å². The Bertz CT molecular complexity index is 1230. The van der Waals surface area contributed by atoms with Crippen LogP contribution in [0.1, 0.15) is 31.0 Å². The van der Waals surface area contributed by atoms with Crippen molar-refractivity contribution in [2.24, 2.45) is 0 Å². The van der Waals surface area contributed by atoms with E-state index in [2.05, 4.69) is 39.6 Å². The first-order valence-corrected chi connectivity index (χ1v) is 11.7. The third-order valence-corrected chi connectivity index (χ3v) is 6.83. The van der Waals surface area contributed by atoms with Gasteiger partial charge in [0.05, 0.1) is 11.4 Å². The first kappa shape index (κ1) is 25.5. The molecular weight excluding hydrogens is 468 g/mol. The zero-order valence-electron chi connectivity index (χ0n) is 20.2. The predicted molar refractivity (Wildman–Crippen MR) is 132 cm³/mol. The van der Waals surface area contributed by atoms with E-state index >= 15 is 0 Å². The number of nitrogens with zero attached hydrogens (tertiary/aromatic N) is 3. The monoisotopic (exact) mass is 497 g/mol. The maximum Gasteiger partial charge on any atom is 0.253 e. The van der Waals surface area contributed by atoms with E-state index < -0.39 is 36.1 Å². The largest absolute Gasteiger partial charge is 0.387 e. The highest BCUT2D eigenvalue weighted by atomic mass is 19.1. The van der Waals surface area contributed by atoms with Crippen LogP contribution in [0.4, 0.5) is 20.3 Å². The summed E-state index contributed by atoms with van der Waals surface area (Å²) in [5, 5.41) is 19.5. The molecule has 0 unspecified atom stereocenters. The Morgan fingerprint density at radius 1 is 1.17 bits per heavy atom. The van der Waals surface area contributed by atoms with Gasteiger partial charge in [0.15, 0.2) is 0 Å². The zero-order chi connectivity index (χ0) is 25.9. The summed E-state index contributed by atoms with van der Waals surface area (Å²) < 4.78 is 27.8. The number of rotatable bonds is 7. The molecule has 1 saturated heterocycles. The molecule has 0 saturated carbocycles. The molecule has 1 atom stereocenters. The maximum absolute atomic E-state index is 14.4. The number of nitrogens with one attached hydrogen (secondary N) is 2. The van der Waals surface area contributed by atoms with Gasteiger partial charge in [0.2, 0.25) is 5.91 Å². The lowest BCUT2D eigenvalue weighted by atomic mass is 9.70. The second-order valence-corrected chi connectivity index (χ2v) is 9.10. The second kappa shape index (κ2) is 10.5. The minimum absolute atomic E-state index is 0.308. The average Bonchev–Trinajstić information content (AvgIpc) is 3.35. The number of benzene rings is 2. The number of hydrogen-bond acceptors (Lipinski definition) is 5. The molecule has 3 N–H and O–H groups in total. The molecule has 0 aliphatic carbocycles. The standard InChI is InChI=1S/C26H29F2N5O3/c1-17(33(24(35)16-34)21-9-8-19(27)14-20(21)28)25(36)29-23-15-22(30-31-23)26(10-12-32(2)13-11-26)18-6-4-3-5-7-18/h3-9,14-15,17,34H,10-13,16H2,1-2H3,(H2,29,30,31,36)/t17-/m0/s1. The molecule has 0 bridgehead atoms. The van der Waals surface area contributed by atoms with Gasteiger partial charge in [-0.1, -0.05) is 30.3 Å². The van der Waals surface area contributed by atoms with Crippen molar-refractivity contribution in [1.29, 1.82) is 0 Å².